The van der Waals surface area contributed by atoms with Gasteiger partial charge in [0.2, 0.25) is 0 Å². The van der Waals surface area contributed by atoms with Crippen LogP contribution in [-0.4, -0.2) is 42.2 Å². The maximum Gasteiger partial charge on any atom is 0.343 e. The lowest BCUT2D eigenvalue weighted by atomic mass is 9.84. The molecular formula is C29H40N2O4. The maximum absolute atomic E-state index is 13.2. The number of ether oxygens (including phenoxy) is 2. The van der Waals surface area contributed by atoms with Crippen LogP contribution in [0.15, 0.2) is 35.3 Å². The Hall–Kier alpha value is -3.02. The topological polar surface area (TPSA) is 60.8 Å². The molecule has 35 heavy (non-hydrogen) atoms. The first-order valence-electron chi connectivity index (χ1n) is 12.7. The number of fused-ring (bicyclic) bond motifs is 1. The Morgan fingerprint density at radius 2 is 1.89 bits per heavy atom. The van der Waals surface area contributed by atoms with Gasteiger partial charge < -0.3 is 18.9 Å². The summed E-state index contributed by atoms with van der Waals surface area (Å²) in [6.45, 7) is 16.3. The Morgan fingerprint density at radius 3 is 2.49 bits per heavy atom. The SMILES string of the molecule is CCCOc1cccc(=C2\c3cc(=O)c(C(=O)OCC)cn3C(C(C)(C)C)CN2C)/c1=C(/C)CC. The lowest BCUT2D eigenvalue weighted by molar-refractivity contribution is 0.0522. The standard InChI is InChI=1S/C29H40N2O4/c1-9-15-35-24-14-12-13-20(26(24)19(4)10-2)27-22-16-23(32)21(28(33)34-11-3)17-31(22)25(18-30(27)8)29(5,6)7/h12-14,16-17,25H,9-11,15,18H2,1-8H3/b26-19+,27-20-. The number of hydrogen-bond donors (Lipinski definition) is 0. The molecule has 190 valence electrons. The summed E-state index contributed by atoms with van der Waals surface area (Å²) in [4.78, 5) is 28.0. The van der Waals surface area contributed by atoms with Gasteiger partial charge in [0.05, 0.1) is 30.6 Å². The van der Waals surface area contributed by atoms with E-state index in [1.807, 2.05) is 12.1 Å². The molecule has 1 aliphatic rings. The van der Waals surface area contributed by atoms with Crippen molar-refractivity contribution in [3.8, 4) is 5.75 Å². The highest BCUT2D eigenvalue weighted by molar-refractivity contribution is 5.89. The Labute approximate surface area is 208 Å². The first-order chi connectivity index (χ1) is 16.5. The third-order valence-corrected chi connectivity index (χ3v) is 6.68. The van der Waals surface area contributed by atoms with Crippen molar-refractivity contribution in [1.82, 2.24) is 9.47 Å². The third-order valence-electron chi connectivity index (χ3n) is 6.68. The van der Waals surface area contributed by atoms with Gasteiger partial charge in [0.15, 0.2) is 5.43 Å². The van der Waals surface area contributed by atoms with E-state index in [2.05, 4.69) is 64.1 Å². The molecule has 6 heteroatoms. The second-order valence-electron chi connectivity index (χ2n) is 10.3. The molecule has 0 spiro atoms. The van der Waals surface area contributed by atoms with Crippen LogP contribution in [-0.2, 0) is 4.74 Å². The van der Waals surface area contributed by atoms with Crippen LogP contribution in [0.4, 0.5) is 0 Å². The average Bonchev–Trinajstić information content (AvgIpc) is 2.80. The minimum absolute atomic E-state index is 0.0549. The predicted octanol–water partition coefficient (Wildman–Crippen LogP) is 4.08. The molecular weight excluding hydrogens is 440 g/mol. The van der Waals surface area contributed by atoms with E-state index in [1.165, 1.54) is 5.57 Å². The molecule has 1 unspecified atom stereocenters. The lowest BCUT2D eigenvalue weighted by Crippen LogP contribution is -2.46. The minimum Gasteiger partial charge on any atom is -0.493 e. The number of pyridine rings is 1. The van der Waals surface area contributed by atoms with Crippen LogP contribution >= 0.6 is 0 Å². The summed E-state index contributed by atoms with van der Waals surface area (Å²) in [6.07, 6.45) is 3.51. The van der Waals surface area contributed by atoms with Gasteiger partial charge in [-0.1, -0.05) is 52.3 Å². The van der Waals surface area contributed by atoms with Gasteiger partial charge in [0, 0.05) is 36.3 Å². The summed E-state index contributed by atoms with van der Waals surface area (Å²) in [5.41, 5.74) is 2.63. The number of carbonyl (C=O) groups excluding carboxylic acids is 1. The zero-order chi connectivity index (χ0) is 25.9. The molecule has 0 fully saturated rings. The van der Waals surface area contributed by atoms with Crippen LogP contribution in [0.25, 0.3) is 11.3 Å². The Morgan fingerprint density at radius 1 is 1.17 bits per heavy atom. The summed E-state index contributed by atoms with van der Waals surface area (Å²) < 4.78 is 13.4. The molecule has 1 aromatic heterocycles. The highest BCUT2D eigenvalue weighted by Gasteiger charge is 2.35. The van der Waals surface area contributed by atoms with Gasteiger partial charge in [-0.05, 0) is 38.2 Å². The van der Waals surface area contributed by atoms with Crippen molar-refractivity contribution >= 4 is 17.2 Å². The summed E-state index contributed by atoms with van der Waals surface area (Å²) in [7, 11) is 2.08. The van der Waals surface area contributed by atoms with Gasteiger partial charge in [-0.3, -0.25) is 4.79 Å². The van der Waals surface area contributed by atoms with Crippen LogP contribution < -0.4 is 20.6 Å². The molecule has 0 saturated heterocycles. The van der Waals surface area contributed by atoms with E-state index >= 15 is 0 Å². The number of hydrogen-bond acceptors (Lipinski definition) is 5. The zero-order valence-corrected chi connectivity index (χ0v) is 22.5. The summed E-state index contributed by atoms with van der Waals surface area (Å²) in [5.74, 6) is 0.284. The maximum atomic E-state index is 13.2. The van der Waals surface area contributed by atoms with Crippen molar-refractivity contribution in [1.29, 1.82) is 0 Å². The first-order valence-corrected chi connectivity index (χ1v) is 12.7. The largest absolute Gasteiger partial charge is 0.493 e. The highest BCUT2D eigenvalue weighted by Crippen LogP contribution is 2.37. The molecule has 0 radical (unpaired) electrons. The van der Waals surface area contributed by atoms with Crippen LogP contribution in [0.5, 0.6) is 5.75 Å². The molecule has 6 nitrogen and oxygen atoms in total. The molecule has 0 N–H and O–H groups in total. The molecule has 1 atom stereocenters. The van der Waals surface area contributed by atoms with E-state index < -0.39 is 5.97 Å². The van der Waals surface area contributed by atoms with Crippen molar-refractivity contribution in [3.05, 3.63) is 62.4 Å². The summed E-state index contributed by atoms with van der Waals surface area (Å²) in [5, 5.41) is 2.11. The van der Waals surface area contributed by atoms with E-state index in [1.54, 1.807) is 19.2 Å². The monoisotopic (exact) mass is 480 g/mol. The molecule has 3 rings (SSSR count). The lowest BCUT2D eigenvalue weighted by Gasteiger charge is -2.43. The van der Waals surface area contributed by atoms with Crippen molar-refractivity contribution in [2.45, 2.75) is 67.3 Å². The third kappa shape index (κ3) is 5.31. The fraction of sp³-hybridized carbons (Fsp3) is 0.517. The Balaban J connectivity index is 2.47. The average molecular weight is 481 g/mol. The first kappa shape index (κ1) is 26.6. The summed E-state index contributed by atoms with van der Waals surface area (Å²) in [6, 6.07) is 7.79. The molecule has 0 amide bonds. The summed E-state index contributed by atoms with van der Waals surface area (Å²) >= 11 is 0. The van der Waals surface area contributed by atoms with Crippen LogP contribution in [0, 0.1) is 5.41 Å². The number of carbonyl (C=O) groups is 1. The number of nitrogens with zero attached hydrogens (tertiary/aromatic N) is 2. The molecule has 1 aliphatic heterocycles. The van der Waals surface area contributed by atoms with Gasteiger partial charge in [-0.25, -0.2) is 4.79 Å². The van der Waals surface area contributed by atoms with Gasteiger partial charge >= 0.3 is 5.97 Å². The number of aromatic nitrogens is 1. The smallest absolute Gasteiger partial charge is 0.343 e. The highest BCUT2D eigenvalue weighted by atomic mass is 16.5. The van der Waals surface area contributed by atoms with E-state index in [4.69, 9.17) is 9.47 Å². The van der Waals surface area contributed by atoms with E-state index in [0.29, 0.717) is 6.61 Å². The molecule has 1 aromatic carbocycles. The van der Waals surface area contributed by atoms with Gasteiger partial charge in [0.25, 0.3) is 0 Å². The minimum atomic E-state index is -0.577. The number of esters is 1. The number of rotatable bonds is 6. The fourth-order valence-corrected chi connectivity index (χ4v) is 4.71. The number of benzene rings is 1. The van der Waals surface area contributed by atoms with Gasteiger partial charge in [0.1, 0.15) is 11.3 Å². The van der Waals surface area contributed by atoms with Crippen molar-refractivity contribution in [3.63, 3.8) is 0 Å². The molecule has 0 saturated carbocycles. The second kappa shape index (κ2) is 10.7. The molecule has 2 heterocycles. The normalized spacial score (nSPS) is 18.2. The van der Waals surface area contributed by atoms with Crippen molar-refractivity contribution in [2.75, 3.05) is 26.8 Å². The van der Waals surface area contributed by atoms with E-state index in [-0.39, 0.29) is 29.1 Å². The Bertz CT molecular complexity index is 1270. The number of likely N-dealkylation sites (N-methyl/N-ethyl adjacent to an activating group) is 1. The van der Waals surface area contributed by atoms with Crippen LogP contribution in [0.2, 0.25) is 0 Å². The van der Waals surface area contributed by atoms with Gasteiger partial charge in [-0.15, -0.1) is 0 Å². The van der Waals surface area contributed by atoms with Crippen LogP contribution in [0.1, 0.15) is 83.4 Å². The van der Waals surface area contributed by atoms with Crippen molar-refractivity contribution in [2.24, 2.45) is 5.41 Å². The van der Waals surface area contributed by atoms with Gasteiger partial charge in [-0.2, -0.15) is 0 Å². The predicted molar refractivity (Wildman–Crippen MR) is 141 cm³/mol. The van der Waals surface area contributed by atoms with E-state index in [0.717, 1.165) is 47.0 Å². The molecule has 0 aliphatic carbocycles. The second-order valence-corrected chi connectivity index (χ2v) is 10.3. The Kier molecular flexibility index (Phi) is 8.14. The van der Waals surface area contributed by atoms with Crippen molar-refractivity contribution < 1.29 is 14.3 Å². The fourth-order valence-electron chi connectivity index (χ4n) is 4.71. The quantitative estimate of drug-likeness (QED) is 0.583. The zero-order valence-electron chi connectivity index (χ0n) is 22.5. The molecule has 0 bridgehead atoms. The molecule has 2 aromatic rings. The van der Waals surface area contributed by atoms with Crippen LogP contribution in [0.3, 0.4) is 0 Å². The van der Waals surface area contributed by atoms with E-state index in [9.17, 15) is 9.59 Å².